The van der Waals surface area contributed by atoms with Crippen LogP contribution in [0.3, 0.4) is 0 Å². The van der Waals surface area contributed by atoms with Gasteiger partial charge in [-0.25, -0.2) is 9.97 Å². The number of nitrogens with one attached hydrogen (secondary N) is 1. The number of fused-ring (bicyclic) bond motifs is 1. The van der Waals surface area contributed by atoms with Gasteiger partial charge in [-0.2, -0.15) is 0 Å². The number of halogens is 1. The number of amides is 1. The fourth-order valence-electron chi connectivity index (χ4n) is 2.77. The maximum atomic E-state index is 12.4. The van der Waals surface area contributed by atoms with E-state index in [9.17, 15) is 4.79 Å². The average molecular weight is 438 g/mol. The van der Waals surface area contributed by atoms with Crippen LogP contribution in [0.1, 0.15) is 23.4 Å². The summed E-state index contributed by atoms with van der Waals surface area (Å²) in [4.78, 5) is 21.3. The van der Waals surface area contributed by atoms with Gasteiger partial charge in [0.15, 0.2) is 16.7 Å². The SMILES string of the molecule is CSc1nc(C)c(CCC(=O)Nc2cc3c(cc2Br)OCCO3)c(C)n1. The lowest BCUT2D eigenvalue weighted by atomic mass is 10.1. The Hall–Kier alpha value is -1.80. The molecule has 1 aromatic heterocycles. The third-order valence-electron chi connectivity index (χ3n) is 4.09. The van der Waals surface area contributed by atoms with Gasteiger partial charge >= 0.3 is 0 Å². The van der Waals surface area contributed by atoms with E-state index in [2.05, 4.69) is 31.2 Å². The summed E-state index contributed by atoms with van der Waals surface area (Å²) in [6.07, 6.45) is 2.90. The molecule has 0 aliphatic carbocycles. The lowest BCUT2D eigenvalue weighted by molar-refractivity contribution is -0.116. The summed E-state index contributed by atoms with van der Waals surface area (Å²) in [5.74, 6) is 1.25. The van der Waals surface area contributed by atoms with Crippen LogP contribution in [0.25, 0.3) is 0 Å². The number of benzene rings is 1. The summed E-state index contributed by atoms with van der Waals surface area (Å²) in [6.45, 7) is 4.95. The van der Waals surface area contributed by atoms with E-state index in [1.807, 2.05) is 26.2 Å². The minimum atomic E-state index is -0.0740. The predicted octanol–water partition coefficient (Wildman–Crippen LogP) is 3.92. The van der Waals surface area contributed by atoms with Crippen LogP contribution in [0, 0.1) is 13.8 Å². The van der Waals surface area contributed by atoms with Gasteiger partial charge in [-0.1, -0.05) is 11.8 Å². The first kappa shape index (κ1) is 19.0. The second-order valence-electron chi connectivity index (χ2n) is 5.88. The van der Waals surface area contributed by atoms with Crippen molar-refractivity contribution in [3.8, 4) is 11.5 Å². The van der Waals surface area contributed by atoms with Crippen molar-refractivity contribution in [2.75, 3.05) is 24.8 Å². The average Bonchev–Trinajstić information content (AvgIpc) is 2.61. The molecule has 6 nitrogen and oxygen atoms in total. The molecule has 2 aromatic rings. The van der Waals surface area contributed by atoms with Gasteiger partial charge in [0.25, 0.3) is 0 Å². The number of hydrogen-bond acceptors (Lipinski definition) is 6. The number of anilines is 1. The van der Waals surface area contributed by atoms with Crippen LogP contribution >= 0.6 is 27.7 Å². The summed E-state index contributed by atoms with van der Waals surface area (Å²) >= 11 is 4.98. The molecule has 0 saturated carbocycles. The number of aryl methyl sites for hydroxylation is 2. The molecule has 2 heterocycles. The van der Waals surface area contributed by atoms with Crippen LogP contribution in [0.5, 0.6) is 11.5 Å². The molecule has 8 heteroatoms. The molecule has 0 bridgehead atoms. The van der Waals surface area contributed by atoms with E-state index in [0.29, 0.717) is 43.2 Å². The van der Waals surface area contributed by atoms with Gasteiger partial charge in [-0.15, -0.1) is 0 Å². The van der Waals surface area contributed by atoms with Crippen LogP contribution < -0.4 is 14.8 Å². The summed E-state index contributed by atoms with van der Waals surface area (Å²) in [7, 11) is 0. The van der Waals surface area contributed by atoms with E-state index in [1.54, 1.807) is 6.07 Å². The smallest absolute Gasteiger partial charge is 0.224 e. The highest BCUT2D eigenvalue weighted by Crippen LogP contribution is 2.38. The zero-order valence-corrected chi connectivity index (χ0v) is 17.3. The Morgan fingerprint density at radius 3 is 2.42 bits per heavy atom. The molecule has 1 aromatic carbocycles. The maximum Gasteiger partial charge on any atom is 0.224 e. The normalized spacial score (nSPS) is 12.8. The minimum Gasteiger partial charge on any atom is -0.486 e. The molecular formula is C18H20BrN3O3S. The van der Waals surface area contributed by atoms with Crippen LogP contribution in [0.4, 0.5) is 5.69 Å². The second kappa shape index (κ2) is 8.26. The molecule has 0 saturated heterocycles. The number of carbonyl (C=O) groups is 1. The Kier molecular flexibility index (Phi) is 6.03. The fourth-order valence-corrected chi connectivity index (χ4v) is 3.65. The lowest BCUT2D eigenvalue weighted by Crippen LogP contribution is -2.17. The van der Waals surface area contributed by atoms with Gasteiger partial charge in [0.1, 0.15) is 13.2 Å². The Labute approximate surface area is 165 Å². The zero-order chi connectivity index (χ0) is 18.7. The van der Waals surface area contributed by atoms with E-state index in [1.165, 1.54) is 11.8 Å². The first-order valence-electron chi connectivity index (χ1n) is 8.25. The molecule has 0 fully saturated rings. The summed E-state index contributed by atoms with van der Waals surface area (Å²) in [5.41, 5.74) is 3.55. The van der Waals surface area contributed by atoms with Crippen LogP contribution in [-0.2, 0) is 11.2 Å². The van der Waals surface area contributed by atoms with Gasteiger partial charge in [-0.05, 0) is 48.0 Å². The van der Waals surface area contributed by atoms with Crippen molar-refractivity contribution >= 4 is 39.3 Å². The number of aromatic nitrogens is 2. The number of carbonyl (C=O) groups excluding carboxylic acids is 1. The molecule has 1 amide bonds. The molecule has 0 atom stereocenters. The van der Waals surface area contributed by atoms with Crippen LogP contribution in [0.15, 0.2) is 21.8 Å². The second-order valence-corrected chi connectivity index (χ2v) is 7.51. The quantitative estimate of drug-likeness (QED) is 0.564. The van der Waals surface area contributed by atoms with Crippen molar-refractivity contribution in [3.63, 3.8) is 0 Å². The first-order chi connectivity index (χ1) is 12.5. The Morgan fingerprint density at radius 2 is 1.81 bits per heavy atom. The molecule has 1 aliphatic rings. The number of nitrogens with zero attached hydrogens (tertiary/aromatic N) is 2. The van der Waals surface area contributed by atoms with Crippen molar-refractivity contribution in [2.45, 2.75) is 31.8 Å². The Bertz CT molecular complexity index is 822. The Morgan fingerprint density at radius 1 is 1.19 bits per heavy atom. The number of rotatable bonds is 5. The monoisotopic (exact) mass is 437 g/mol. The van der Waals surface area contributed by atoms with E-state index in [-0.39, 0.29) is 5.91 Å². The molecule has 0 unspecified atom stereocenters. The molecule has 1 N–H and O–H groups in total. The predicted molar refractivity (Wildman–Crippen MR) is 105 cm³/mol. The number of thioether (sulfide) groups is 1. The van der Waals surface area contributed by atoms with E-state index < -0.39 is 0 Å². The van der Waals surface area contributed by atoms with Crippen molar-refractivity contribution < 1.29 is 14.3 Å². The fraction of sp³-hybridized carbons (Fsp3) is 0.389. The van der Waals surface area contributed by atoms with Crippen molar-refractivity contribution in [2.24, 2.45) is 0 Å². The molecule has 26 heavy (non-hydrogen) atoms. The maximum absolute atomic E-state index is 12.4. The third-order valence-corrected chi connectivity index (χ3v) is 5.29. The number of ether oxygens (including phenoxy) is 2. The largest absolute Gasteiger partial charge is 0.486 e. The Balaban J connectivity index is 1.67. The summed E-state index contributed by atoms with van der Waals surface area (Å²) in [6, 6.07) is 3.59. The van der Waals surface area contributed by atoms with E-state index in [4.69, 9.17) is 9.47 Å². The van der Waals surface area contributed by atoms with Crippen LogP contribution in [-0.4, -0.2) is 35.3 Å². The van der Waals surface area contributed by atoms with Crippen molar-refractivity contribution in [3.05, 3.63) is 33.6 Å². The zero-order valence-electron chi connectivity index (χ0n) is 14.9. The molecule has 3 rings (SSSR count). The van der Waals surface area contributed by atoms with E-state index >= 15 is 0 Å². The minimum absolute atomic E-state index is 0.0740. The molecular weight excluding hydrogens is 418 g/mol. The van der Waals surface area contributed by atoms with Gasteiger partial charge < -0.3 is 14.8 Å². The lowest BCUT2D eigenvalue weighted by Gasteiger charge is -2.20. The molecule has 1 aliphatic heterocycles. The summed E-state index contributed by atoms with van der Waals surface area (Å²) in [5, 5.41) is 3.68. The third kappa shape index (κ3) is 4.29. The van der Waals surface area contributed by atoms with Gasteiger partial charge in [-0.3, -0.25) is 4.79 Å². The molecule has 0 radical (unpaired) electrons. The van der Waals surface area contributed by atoms with Gasteiger partial charge in [0.2, 0.25) is 5.91 Å². The molecule has 138 valence electrons. The highest BCUT2D eigenvalue weighted by Gasteiger charge is 2.17. The number of hydrogen-bond donors (Lipinski definition) is 1. The highest BCUT2D eigenvalue weighted by atomic mass is 79.9. The van der Waals surface area contributed by atoms with Gasteiger partial charge in [0.05, 0.1) is 5.69 Å². The topological polar surface area (TPSA) is 73.3 Å². The summed E-state index contributed by atoms with van der Waals surface area (Å²) < 4.78 is 11.9. The van der Waals surface area contributed by atoms with Crippen LogP contribution in [0.2, 0.25) is 0 Å². The first-order valence-corrected chi connectivity index (χ1v) is 10.3. The van der Waals surface area contributed by atoms with E-state index in [0.717, 1.165) is 26.6 Å². The van der Waals surface area contributed by atoms with Gasteiger partial charge in [0, 0.05) is 34.4 Å². The van der Waals surface area contributed by atoms with Crippen molar-refractivity contribution in [1.29, 1.82) is 0 Å². The standard InChI is InChI=1S/C18H20BrN3O3S/c1-10-12(11(2)21-18(20-10)26-3)4-5-17(23)22-14-9-16-15(8-13(14)19)24-6-7-25-16/h8-9H,4-7H2,1-3H3,(H,22,23). The van der Waals surface area contributed by atoms with Crippen molar-refractivity contribution in [1.82, 2.24) is 9.97 Å². The molecule has 0 spiro atoms. The highest BCUT2D eigenvalue weighted by molar-refractivity contribution is 9.10.